The van der Waals surface area contributed by atoms with Crippen molar-refractivity contribution in [3.63, 3.8) is 0 Å². The summed E-state index contributed by atoms with van der Waals surface area (Å²) in [6.07, 6.45) is 2.03. The Morgan fingerprint density at radius 2 is 1.35 bits per heavy atom. The highest BCUT2D eigenvalue weighted by Gasteiger charge is 2.25. The summed E-state index contributed by atoms with van der Waals surface area (Å²) >= 11 is 0. The first-order valence-corrected chi connectivity index (χ1v) is 16.2. The number of methoxy groups -OCH3 is 2. The average molecular weight is 651 g/mol. The number of aryl methyl sites for hydroxylation is 1. The smallest absolute Gasteiger partial charge is 0.326 e. The maximum Gasteiger partial charge on any atom is 0.326 e. The molecule has 0 unspecified atom stereocenters. The molecule has 0 saturated heterocycles. The molecular formula is C40H46N2O6. The van der Waals surface area contributed by atoms with Crippen LogP contribution in [0.4, 0.5) is 11.4 Å². The number of carbonyl (C=O) groups is 1. The molecule has 0 bridgehead atoms. The SMILES string of the molecule is COc1ccc(COc2cc(OCc3ccc(OC)cc3)c(N(CC(=O)OC(C)(C)C)c3ccc4c(ccn4C)c3)cc2C(C)C)cc1. The Hall–Kier alpha value is -5.11. The molecule has 8 heteroatoms. The van der Waals surface area contributed by atoms with Crippen molar-refractivity contribution in [1.29, 1.82) is 0 Å². The van der Waals surface area contributed by atoms with Crippen LogP contribution < -0.4 is 23.8 Å². The number of benzene rings is 4. The Balaban J connectivity index is 1.60. The predicted octanol–water partition coefficient (Wildman–Crippen LogP) is 8.96. The predicted molar refractivity (Wildman–Crippen MR) is 191 cm³/mol. The van der Waals surface area contributed by atoms with E-state index in [1.807, 2.05) is 99.6 Å². The number of rotatable bonds is 13. The van der Waals surface area contributed by atoms with Crippen molar-refractivity contribution in [2.45, 2.75) is 59.4 Å². The van der Waals surface area contributed by atoms with Gasteiger partial charge in [0, 0.05) is 35.9 Å². The molecule has 0 fully saturated rings. The Morgan fingerprint density at radius 1 is 0.771 bits per heavy atom. The molecule has 4 aromatic carbocycles. The molecule has 1 aromatic heterocycles. The van der Waals surface area contributed by atoms with E-state index in [-0.39, 0.29) is 18.4 Å². The molecule has 0 aliphatic carbocycles. The number of hydrogen-bond donors (Lipinski definition) is 0. The van der Waals surface area contributed by atoms with Crippen LogP contribution in [-0.2, 0) is 29.8 Å². The van der Waals surface area contributed by atoms with E-state index in [0.717, 1.165) is 50.5 Å². The number of nitrogens with zero attached hydrogens (tertiary/aromatic N) is 2. The maximum atomic E-state index is 13.5. The molecule has 0 aliphatic rings. The summed E-state index contributed by atoms with van der Waals surface area (Å²) in [6, 6.07) is 27.9. The fourth-order valence-electron chi connectivity index (χ4n) is 5.49. The van der Waals surface area contributed by atoms with Gasteiger partial charge in [-0.1, -0.05) is 38.1 Å². The van der Waals surface area contributed by atoms with E-state index in [1.165, 1.54) is 0 Å². The Kier molecular flexibility index (Phi) is 10.5. The Labute approximate surface area is 283 Å². The molecule has 0 N–H and O–H groups in total. The lowest BCUT2D eigenvalue weighted by Gasteiger charge is -2.30. The Bertz CT molecular complexity index is 1840. The summed E-state index contributed by atoms with van der Waals surface area (Å²) in [5.74, 6) is 2.63. The van der Waals surface area contributed by atoms with Gasteiger partial charge in [0.2, 0.25) is 0 Å². The quantitative estimate of drug-likeness (QED) is 0.118. The van der Waals surface area contributed by atoms with E-state index in [0.29, 0.717) is 24.7 Å². The van der Waals surface area contributed by atoms with E-state index >= 15 is 0 Å². The topological polar surface area (TPSA) is 71.4 Å². The van der Waals surface area contributed by atoms with Gasteiger partial charge in [-0.3, -0.25) is 4.79 Å². The normalized spacial score (nSPS) is 11.4. The molecule has 5 aromatic rings. The fourth-order valence-corrected chi connectivity index (χ4v) is 5.49. The van der Waals surface area contributed by atoms with Crippen LogP contribution in [0, 0.1) is 0 Å². The summed E-state index contributed by atoms with van der Waals surface area (Å²) in [5.41, 5.74) is 5.02. The van der Waals surface area contributed by atoms with Crippen LogP contribution >= 0.6 is 0 Å². The first kappa shape index (κ1) is 34.2. The lowest BCUT2D eigenvalue weighted by molar-refractivity contribution is -0.152. The van der Waals surface area contributed by atoms with Gasteiger partial charge in [0.1, 0.15) is 48.4 Å². The van der Waals surface area contributed by atoms with Crippen molar-refractivity contribution in [3.8, 4) is 23.0 Å². The average Bonchev–Trinajstić information content (AvgIpc) is 3.44. The van der Waals surface area contributed by atoms with Crippen molar-refractivity contribution in [1.82, 2.24) is 4.57 Å². The van der Waals surface area contributed by atoms with Crippen LogP contribution in [0.1, 0.15) is 57.2 Å². The number of carbonyl (C=O) groups excluding carboxylic acids is 1. The van der Waals surface area contributed by atoms with Gasteiger partial charge in [-0.15, -0.1) is 0 Å². The molecule has 8 nitrogen and oxygen atoms in total. The number of fused-ring (bicyclic) bond motifs is 1. The van der Waals surface area contributed by atoms with Crippen molar-refractivity contribution in [2.75, 3.05) is 25.7 Å². The molecule has 0 radical (unpaired) electrons. The van der Waals surface area contributed by atoms with Crippen LogP contribution in [0.3, 0.4) is 0 Å². The summed E-state index contributed by atoms with van der Waals surface area (Å²) < 4.78 is 31.6. The van der Waals surface area contributed by atoms with Crippen molar-refractivity contribution < 1.29 is 28.5 Å². The lowest BCUT2D eigenvalue weighted by atomic mass is 10.00. The van der Waals surface area contributed by atoms with Gasteiger partial charge in [-0.05, 0) is 98.0 Å². The zero-order valence-electron chi connectivity index (χ0n) is 29.2. The van der Waals surface area contributed by atoms with Gasteiger partial charge in [-0.2, -0.15) is 0 Å². The first-order chi connectivity index (χ1) is 22.9. The van der Waals surface area contributed by atoms with Gasteiger partial charge >= 0.3 is 5.97 Å². The molecule has 1 heterocycles. The summed E-state index contributed by atoms with van der Waals surface area (Å²) in [5, 5.41) is 1.06. The van der Waals surface area contributed by atoms with E-state index < -0.39 is 5.60 Å². The minimum absolute atomic E-state index is 0.0158. The van der Waals surface area contributed by atoms with Gasteiger partial charge < -0.3 is 33.2 Å². The van der Waals surface area contributed by atoms with Crippen LogP contribution in [0.25, 0.3) is 10.9 Å². The molecule has 0 atom stereocenters. The molecule has 0 saturated carbocycles. The molecule has 0 aliphatic heterocycles. The number of ether oxygens (including phenoxy) is 5. The van der Waals surface area contributed by atoms with E-state index in [9.17, 15) is 4.79 Å². The summed E-state index contributed by atoms with van der Waals surface area (Å²) in [7, 11) is 5.32. The van der Waals surface area contributed by atoms with Gasteiger partial charge in [0.05, 0.1) is 19.9 Å². The molecule has 0 spiro atoms. The summed E-state index contributed by atoms with van der Waals surface area (Å²) in [4.78, 5) is 15.4. The number of esters is 1. The van der Waals surface area contributed by atoms with Gasteiger partial charge in [0.15, 0.2) is 0 Å². The Morgan fingerprint density at radius 3 is 1.90 bits per heavy atom. The molecule has 252 valence electrons. The van der Waals surface area contributed by atoms with Crippen LogP contribution in [0.5, 0.6) is 23.0 Å². The highest BCUT2D eigenvalue weighted by Crippen LogP contribution is 2.43. The van der Waals surface area contributed by atoms with Crippen molar-refractivity contribution in [3.05, 3.63) is 108 Å². The third kappa shape index (κ3) is 8.42. The van der Waals surface area contributed by atoms with Crippen molar-refractivity contribution in [2.24, 2.45) is 7.05 Å². The third-order valence-electron chi connectivity index (χ3n) is 8.00. The molecule has 48 heavy (non-hydrogen) atoms. The van der Waals surface area contributed by atoms with Crippen molar-refractivity contribution >= 4 is 28.2 Å². The highest BCUT2D eigenvalue weighted by atomic mass is 16.6. The van der Waals surface area contributed by atoms with Gasteiger partial charge in [0.25, 0.3) is 0 Å². The molecule has 5 rings (SSSR count). The minimum atomic E-state index is -0.637. The zero-order chi connectivity index (χ0) is 34.4. The summed E-state index contributed by atoms with van der Waals surface area (Å²) in [6.45, 7) is 10.5. The second-order valence-electron chi connectivity index (χ2n) is 13.1. The van der Waals surface area contributed by atoms with Crippen LogP contribution in [0.2, 0.25) is 0 Å². The lowest BCUT2D eigenvalue weighted by Crippen LogP contribution is -2.32. The molecular weight excluding hydrogens is 604 g/mol. The van der Waals surface area contributed by atoms with E-state index in [1.54, 1.807) is 14.2 Å². The largest absolute Gasteiger partial charge is 0.497 e. The maximum absolute atomic E-state index is 13.5. The monoisotopic (exact) mass is 650 g/mol. The van der Waals surface area contributed by atoms with Crippen LogP contribution in [0.15, 0.2) is 91.1 Å². The fraction of sp³-hybridized carbons (Fsp3) is 0.325. The second-order valence-corrected chi connectivity index (χ2v) is 13.1. The second kappa shape index (κ2) is 14.8. The van der Waals surface area contributed by atoms with Gasteiger partial charge in [-0.25, -0.2) is 0 Å². The minimum Gasteiger partial charge on any atom is -0.497 e. The van der Waals surface area contributed by atoms with E-state index in [2.05, 4.69) is 42.7 Å². The third-order valence-corrected chi connectivity index (χ3v) is 8.00. The molecule has 0 amide bonds. The number of hydrogen-bond acceptors (Lipinski definition) is 7. The standard InChI is InChI=1S/C40H46N2O6/c1-27(2)34-22-36(42(24-39(43)48-40(3,4)5)31-13-18-35-30(21-31)19-20-41(35)6)38(47-26-29-11-16-33(45-8)17-12-29)23-37(34)46-25-28-9-14-32(44-7)15-10-28/h9-23,27H,24-26H2,1-8H3. The van der Waals surface area contributed by atoms with Crippen LogP contribution in [-0.4, -0.2) is 36.9 Å². The number of anilines is 2. The van der Waals surface area contributed by atoms with E-state index in [4.69, 9.17) is 23.7 Å². The number of aromatic nitrogens is 1. The highest BCUT2D eigenvalue weighted by molar-refractivity contribution is 5.88. The first-order valence-electron chi connectivity index (χ1n) is 16.2. The zero-order valence-corrected chi connectivity index (χ0v) is 29.2.